The molecule has 2 N–H and O–H groups in total. The zero-order chi connectivity index (χ0) is 23.9. The van der Waals surface area contributed by atoms with Crippen molar-refractivity contribution >= 4 is 40.4 Å². The molecule has 1 aliphatic rings. The summed E-state index contributed by atoms with van der Waals surface area (Å²) in [6.45, 7) is 6.25. The third kappa shape index (κ3) is 5.03. The van der Waals surface area contributed by atoms with E-state index in [0.717, 1.165) is 16.6 Å². The van der Waals surface area contributed by atoms with Gasteiger partial charge in [-0.15, -0.1) is 0 Å². The number of aryl methyl sites for hydroxylation is 1. The van der Waals surface area contributed by atoms with Gasteiger partial charge >= 0.3 is 6.03 Å². The number of fused-ring (bicyclic) bond motifs is 1. The van der Waals surface area contributed by atoms with E-state index < -0.39 is 5.60 Å². The van der Waals surface area contributed by atoms with Crippen molar-refractivity contribution in [2.24, 2.45) is 0 Å². The number of aromatic amines is 1. The molecule has 8 nitrogen and oxygen atoms in total. The summed E-state index contributed by atoms with van der Waals surface area (Å²) in [5.74, 6) is 1.30. The Morgan fingerprint density at radius 1 is 1.30 bits per heavy atom. The number of aliphatic hydroxyl groups is 1. The van der Waals surface area contributed by atoms with Gasteiger partial charge in [0.05, 0.1) is 42.4 Å². The number of pyridine rings is 1. The Morgan fingerprint density at radius 2 is 2.06 bits per heavy atom. The molecule has 0 bridgehead atoms. The van der Waals surface area contributed by atoms with Gasteiger partial charge in [-0.3, -0.25) is 0 Å². The number of ether oxygens (including phenoxy) is 1. The molecule has 1 aliphatic heterocycles. The molecule has 2 aromatic heterocycles. The number of rotatable bonds is 7. The lowest BCUT2D eigenvalue weighted by molar-refractivity contribution is 0.0425. The molecule has 3 heterocycles. The molecule has 0 saturated carbocycles. The van der Waals surface area contributed by atoms with E-state index in [1.165, 1.54) is 0 Å². The molecule has 3 aromatic rings. The minimum absolute atomic E-state index is 0.157. The summed E-state index contributed by atoms with van der Waals surface area (Å²) in [6, 6.07) is 5.21. The van der Waals surface area contributed by atoms with Crippen molar-refractivity contribution in [3.05, 3.63) is 51.4 Å². The first-order valence-electron chi connectivity index (χ1n) is 10.7. The largest absolute Gasteiger partial charge is 0.497 e. The average molecular weight is 492 g/mol. The van der Waals surface area contributed by atoms with E-state index in [4.69, 9.17) is 27.9 Å². The van der Waals surface area contributed by atoms with Gasteiger partial charge in [0.15, 0.2) is 5.65 Å². The van der Waals surface area contributed by atoms with Gasteiger partial charge in [0, 0.05) is 17.8 Å². The molecule has 0 aliphatic carbocycles. The van der Waals surface area contributed by atoms with Crippen LogP contribution in [0.25, 0.3) is 11.2 Å². The fourth-order valence-electron chi connectivity index (χ4n) is 4.12. The van der Waals surface area contributed by atoms with Crippen LogP contribution in [0.4, 0.5) is 4.79 Å². The number of nitrogens with one attached hydrogen (secondary N) is 1. The zero-order valence-electron chi connectivity index (χ0n) is 19.0. The highest BCUT2D eigenvalue weighted by molar-refractivity contribution is 6.32. The van der Waals surface area contributed by atoms with Crippen LogP contribution in [-0.2, 0) is 13.0 Å². The Bertz CT molecular complexity index is 1190. The number of carbonyl (C=O) groups excluding carboxylic acids is 1. The van der Waals surface area contributed by atoms with Crippen LogP contribution in [0.3, 0.4) is 0 Å². The third-order valence-electron chi connectivity index (χ3n) is 5.77. The standard InChI is InChI=1S/C23H27Cl2N5O3/c1-13-18(25)9-26-21-20(13)27-19(28-21)11-29-10-15(30(22(29)31)12-23(2,3)32)7-14-5-6-16(33-4)8-17(14)24/h5-6,8-9,15,32H,7,10-12H2,1-4H3,(H,26,27,28). The summed E-state index contributed by atoms with van der Waals surface area (Å²) in [5, 5.41) is 11.6. The fourth-order valence-corrected chi connectivity index (χ4v) is 4.51. The number of benzene rings is 1. The highest BCUT2D eigenvalue weighted by atomic mass is 35.5. The number of methoxy groups -OCH3 is 1. The molecule has 33 heavy (non-hydrogen) atoms. The Hall–Kier alpha value is -2.55. The van der Waals surface area contributed by atoms with E-state index in [2.05, 4.69) is 15.0 Å². The highest BCUT2D eigenvalue weighted by Crippen LogP contribution is 2.29. The summed E-state index contributed by atoms with van der Waals surface area (Å²) in [7, 11) is 1.59. The maximum Gasteiger partial charge on any atom is 0.320 e. The van der Waals surface area contributed by atoms with Crippen LogP contribution >= 0.6 is 23.2 Å². The van der Waals surface area contributed by atoms with Crippen LogP contribution in [0, 0.1) is 6.92 Å². The molecule has 1 saturated heterocycles. The van der Waals surface area contributed by atoms with E-state index in [0.29, 0.717) is 46.8 Å². The highest BCUT2D eigenvalue weighted by Gasteiger charge is 2.40. The number of H-pyrrole nitrogens is 1. The minimum atomic E-state index is -1.04. The van der Waals surface area contributed by atoms with Crippen LogP contribution in [-0.4, -0.2) is 67.7 Å². The van der Waals surface area contributed by atoms with Crippen molar-refractivity contribution in [1.29, 1.82) is 0 Å². The van der Waals surface area contributed by atoms with Crippen LogP contribution in [0.2, 0.25) is 10.0 Å². The van der Waals surface area contributed by atoms with Crippen molar-refractivity contribution in [2.45, 2.75) is 45.4 Å². The predicted octanol–water partition coefficient (Wildman–Crippen LogP) is 4.20. The molecular formula is C23H27Cl2N5O3. The van der Waals surface area contributed by atoms with Gasteiger partial charge < -0.3 is 24.6 Å². The first kappa shape index (κ1) is 23.6. The SMILES string of the molecule is COc1ccc(CC2CN(Cc3nc4ncc(Cl)c(C)c4[nH]3)C(=O)N2CC(C)(C)O)c(Cl)c1. The number of imidazole rings is 1. The molecule has 1 atom stereocenters. The van der Waals surface area contributed by atoms with Crippen LogP contribution in [0.15, 0.2) is 24.4 Å². The number of hydrogen-bond donors (Lipinski definition) is 2. The van der Waals surface area contributed by atoms with Crippen molar-refractivity contribution in [1.82, 2.24) is 24.8 Å². The van der Waals surface area contributed by atoms with Crippen LogP contribution < -0.4 is 4.74 Å². The molecule has 4 rings (SSSR count). The lowest BCUT2D eigenvalue weighted by Crippen LogP contribution is -2.45. The lowest BCUT2D eigenvalue weighted by atomic mass is 10.0. The van der Waals surface area contributed by atoms with Crippen molar-refractivity contribution in [3.63, 3.8) is 0 Å². The molecule has 10 heteroatoms. The van der Waals surface area contributed by atoms with E-state index in [-0.39, 0.29) is 18.6 Å². The summed E-state index contributed by atoms with van der Waals surface area (Å²) >= 11 is 12.6. The second kappa shape index (κ2) is 9.00. The molecule has 0 radical (unpaired) electrons. The van der Waals surface area contributed by atoms with Gasteiger partial charge in [-0.2, -0.15) is 0 Å². The van der Waals surface area contributed by atoms with E-state index in [9.17, 15) is 9.90 Å². The molecule has 0 spiro atoms. The number of aromatic nitrogens is 3. The fraction of sp³-hybridized carbons (Fsp3) is 0.435. The second-order valence-corrected chi connectivity index (χ2v) is 9.85. The summed E-state index contributed by atoms with van der Waals surface area (Å²) < 4.78 is 5.23. The topological polar surface area (TPSA) is 94.6 Å². The molecule has 1 aromatic carbocycles. The monoisotopic (exact) mass is 491 g/mol. The number of amides is 2. The summed E-state index contributed by atoms with van der Waals surface area (Å²) in [5.41, 5.74) is 2.07. The Labute approximate surface area is 202 Å². The first-order chi connectivity index (χ1) is 15.6. The van der Waals surface area contributed by atoms with Gasteiger partial charge in [-0.05, 0) is 50.5 Å². The van der Waals surface area contributed by atoms with Crippen molar-refractivity contribution < 1.29 is 14.6 Å². The normalized spacial score (nSPS) is 16.8. The minimum Gasteiger partial charge on any atom is -0.497 e. The molecule has 2 amide bonds. The van der Waals surface area contributed by atoms with Crippen molar-refractivity contribution in [2.75, 3.05) is 20.2 Å². The number of nitrogens with zero attached hydrogens (tertiary/aromatic N) is 4. The zero-order valence-corrected chi connectivity index (χ0v) is 20.5. The van der Waals surface area contributed by atoms with Crippen LogP contribution in [0.5, 0.6) is 5.75 Å². The second-order valence-electron chi connectivity index (χ2n) is 9.03. The van der Waals surface area contributed by atoms with E-state index in [1.54, 1.807) is 43.0 Å². The lowest BCUT2D eigenvalue weighted by Gasteiger charge is -2.29. The number of β-amino-alcohol motifs (C(OH)–C–C–N with tert-alkyl or cyclic N) is 1. The first-order valence-corrected chi connectivity index (χ1v) is 11.4. The third-order valence-corrected chi connectivity index (χ3v) is 6.50. The van der Waals surface area contributed by atoms with E-state index in [1.807, 2.05) is 19.1 Å². The number of halogens is 2. The maximum atomic E-state index is 13.3. The van der Waals surface area contributed by atoms with Gasteiger partial charge in [0.2, 0.25) is 0 Å². The number of carbonyl (C=O) groups is 1. The Morgan fingerprint density at radius 3 is 2.73 bits per heavy atom. The molecule has 1 unspecified atom stereocenters. The molecule has 176 valence electrons. The quantitative estimate of drug-likeness (QED) is 0.516. The van der Waals surface area contributed by atoms with Gasteiger partial charge in [-0.1, -0.05) is 29.3 Å². The molecule has 1 fully saturated rings. The number of urea groups is 1. The Balaban J connectivity index is 1.58. The van der Waals surface area contributed by atoms with Crippen LogP contribution in [0.1, 0.15) is 30.8 Å². The van der Waals surface area contributed by atoms with Crippen molar-refractivity contribution in [3.8, 4) is 5.75 Å². The average Bonchev–Trinajstić information content (AvgIpc) is 3.28. The van der Waals surface area contributed by atoms with Gasteiger partial charge in [0.1, 0.15) is 11.6 Å². The predicted molar refractivity (Wildman–Crippen MR) is 128 cm³/mol. The summed E-state index contributed by atoms with van der Waals surface area (Å²) in [4.78, 5) is 28.8. The van der Waals surface area contributed by atoms with Gasteiger partial charge in [-0.25, -0.2) is 14.8 Å². The Kier molecular flexibility index (Phi) is 6.44. The van der Waals surface area contributed by atoms with E-state index >= 15 is 0 Å². The number of hydrogen-bond acceptors (Lipinski definition) is 5. The maximum absolute atomic E-state index is 13.3. The molecular weight excluding hydrogens is 465 g/mol. The van der Waals surface area contributed by atoms with Gasteiger partial charge in [0.25, 0.3) is 0 Å². The smallest absolute Gasteiger partial charge is 0.320 e. The summed E-state index contributed by atoms with van der Waals surface area (Å²) in [6.07, 6.45) is 2.13.